The van der Waals surface area contributed by atoms with Gasteiger partial charge in [-0.05, 0) is 37.5 Å². The van der Waals surface area contributed by atoms with Gasteiger partial charge < -0.3 is 9.64 Å². The van der Waals surface area contributed by atoms with Gasteiger partial charge in [-0.2, -0.15) is 0 Å². The second-order valence-corrected chi connectivity index (χ2v) is 6.73. The Morgan fingerprint density at radius 2 is 1.92 bits per heavy atom. The van der Waals surface area contributed by atoms with Crippen molar-refractivity contribution in [1.29, 1.82) is 0 Å². The van der Waals surface area contributed by atoms with Gasteiger partial charge in [0.05, 0.1) is 12.1 Å². The Kier molecular flexibility index (Phi) is 5.49. The molecule has 1 aromatic carbocycles. The maximum atomic E-state index is 13.5. The van der Waals surface area contributed by atoms with Crippen LogP contribution in [0.15, 0.2) is 30.4 Å². The summed E-state index contributed by atoms with van der Waals surface area (Å²) >= 11 is 0. The molecule has 1 aliphatic heterocycles. The number of rotatable bonds is 4. The fraction of sp³-hybridized carbons (Fsp3) is 0.526. The lowest BCUT2D eigenvalue weighted by Gasteiger charge is -2.46. The Morgan fingerprint density at radius 1 is 1.20 bits per heavy atom. The molecule has 25 heavy (non-hydrogen) atoms. The zero-order chi connectivity index (χ0) is 18.0. The third-order valence-electron chi connectivity index (χ3n) is 5.32. The van der Waals surface area contributed by atoms with E-state index in [4.69, 9.17) is 4.74 Å². The van der Waals surface area contributed by atoms with Crippen LogP contribution in [-0.4, -0.2) is 61.1 Å². The van der Waals surface area contributed by atoms with Gasteiger partial charge in [-0.3, -0.25) is 9.69 Å². The van der Waals surface area contributed by atoms with Gasteiger partial charge in [-0.15, -0.1) is 0 Å². The third-order valence-corrected chi connectivity index (χ3v) is 5.32. The van der Waals surface area contributed by atoms with Gasteiger partial charge in [0.2, 0.25) is 0 Å². The highest BCUT2D eigenvalue weighted by Crippen LogP contribution is 2.30. The highest BCUT2D eigenvalue weighted by molar-refractivity contribution is 5.94. The van der Waals surface area contributed by atoms with E-state index in [1.54, 1.807) is 19.1 Å². The van der Waals surface area contributed by atoms with E-state index in [-0.39, 0.29) is 29.7 Å². The first-order valence-corrected chi connectivity index (χ1v) is 8.67. The molecule has 3 unspecified atom stereocenters. The summed E-state index contributed by atoms with van der Waals surface area (Å²) in [5, 5.41) is 0. The molecular formula is C19H24F2N2O2. The summed E-state index contributed by atoms with van der Waals surface area (Å²) in [7, 11) is 3.39. The fourth-order valence-electron chi connectivity index (χ4n) is 4.01. The standard InChI is InChI=1S/C19H24F2N2O2/c1-22(19(24)13-8-9-14(20)15(21)12-13)18-16(23-10-3-4-11-23)6-5-7-17(18)25-2/h3-4,8-9,12,16-18H,5-7,10-11H2,1-2H3. The lowest BCUT2D eigenvalue weighted by Crippen LogP contribution is -2.59. The summed E-state index contributed by atoms with van der Waals surface area (Å²) in [5.41, 5.74) is 0.153. The van der Waals surface area contributed by atoms with E-state index >= 15 is 0 Å². The summed E-state index contributed by atoms with van der Waals surface area (Å²) in [6, 6.07) is 3.35. The Balaban J connectivity index is 1.85. The number of nitrogens with zero attached hydrogens (tertiary/aromatic N) is 2. The van der Waals surface area contributed by atoms with Gasteiger partial charge in [0, 0.05) is 38.9 Å². The molecule has 0 bridgehead atoms. The van der Waals surface area contributed by atoms with Gasteiger partial charge >= 0.3 is 0 Å². The van der Waals surface area contributed by atoms with Crippen LogP contribution in [0.5, 0.6) is 0 Å². The van der Waals surface area contributed by atoms with E-state index in [2.05, 4.69) is 17.1 Å². The van der Waals surface area contributed by atoms with Crippen LogP contribution < -0.4 is 0 Å². The summed E-state index contributed by atoms with van der Waals surface area (Å²) in [6.07, 6.45) is 7.10. The minimum absolute atomic E-state index is 0.0707. The summed E-state index contributed by atoms with van der Waals surface area (Å²) in [4.78, 5) is 16.9. The Bertz CT molecular complexity index is 657. The maximum Gasteiger partial charge on any atom is 0.254 e. The van der Waals surface area contributed by atoms with Crippen molar-refractivity contribution < 1.29 is 18.3 Å². The zero-order valence-corrected chi connectivity index (χ0v) is 14.6. The molecule has 1 aliphatic carbocycles. The topological polar surface area (TPSA) is 32.8 Å². The van der Waals surface area contributed by atoms with Crippen LogP contribution in [0, 0.1) is 11.6 Å². The zero-order valence-electron chi connectivity index (χ0n) is 14.6. The molecule has 1 fully saturated rings. The van der Waals surface area contributed by atoms with E-state index in [0.717, 1.165) is 44.5 Å². The first-order chi connectivity index (χ1) is 12.0. The van der Waals surface area contributed by atoms with Crippen molar-refractivity contribution in [3.63, 3.8) is 0 Å². The van der Waals surface area contributed by atoms with E-state index in [9.17, 15) is 13.6 Å². The molecule has 0 aromatic heterocycles. The van der Waals surface area contributed by atoms with Crippen molar-refractivity contribution in [2.45, 2.75) is 37.5 Å². The van der Waals surface area contributed by atoms with E-state index < -0.39 is 11.6 Å². The quantitative estimate of drug-likeness (QED) is 0.783. The van der Waals surface area contributed by atoms with Crippen LogP contribution in [0.1, 0.15) is 29.6 Å². The number of likely N-dealkylation sites (N-methyl/N-ethyl adjacent to an activating group) is 1. The normalized spacial score (nSPS) is 26.8. The molecule has 136 valence electrons. The molecule has 3 rings (SSSR count). The number of methoxy groups -OCH3 is 1. The molecule has 0 saturated heterocycles. The van der Waals surface area contributed by atoms with Crippen molar-refractivity contribution in [3.05, 3.63) is 47.5 Å². The number of carbonyl (C=O) groups excluding carboxylic acids is 1. The monoisotopic (exact) mass is 350 g/mol. The van der Waals surface area contributed by atoms with Crippen LogP contribution >= 0.6 is 0 Å². The molecule has 0 N–H and O–H groups in total. The van der Waals surface area contributed by atoms with Gasteiger partial charge in [0.15, 0.2) is 11.6 Å². The molecule has 0 spiro atoms. The summed E-state index contributed by atoms with van der Waals surface area (Å²) in [5.74, 6) is -2.27. The molecule has 3 atom stereocenters. The molecule has 1 amide bonds. The summed E-state index contributed by atoms with van der Waals surface area (Å²) in [6.45, 7) is 1.73. The van der Waals surface area contributed by atoms with E-state index in [0.29, 0.717) is 0 Å². The highest BCUT2D eigenvalue weighted by atomic mass is 19.2. The Morgan fingerprint density at radius 3 is 2.56 bits per heavy atom. The second-order valence-electron chi connectivity index (χ2n) is 6.73. The summed E-state index contributed by atoms with van der Waals surface area (Å²) < 4.78 is 32.4. The lowest BCUT2D eigenvalue weighted by atomic mass is 9.85. The van der Waals surface area contributed by atoms with Crippen molar-refractivity contribution in [2.24, 2.45) is 0 Å². The number of hydrogen-bond acceptors (Lipinski definition) is 3. The number of hydrogen-bond donors (Lipinski definition) is 0. The minimum atomic E-state index is -1.01. The van der Waals surface area contributed by atoms with Crippen LogP contribution in [-0.2, 0) is 4.74 Å². The molecule has 4 nitrogen and oxygen atoms in total. The first kappa shape index (κ1) is 18.0. The van der Waals surface area contributed by atoms with E-state index in [1.807, 2.05) is 0 Å². The number of ether oxygens (including phenoxy) is 1. The minimum Gasteiger partial charge on any atom is -0.379 e. The lowest BCUT2D eigenvalue weighted by molar-refractivity contribution is -0.0350. The van der Waals surface area contributed by atoms with E-state index in [1.165, 1.54) is 6.07 Å². The van der Waals surface area contributed by atoms with Crippen molar-refractivity contribution >= 4 is 5.91 Å². The predicted octanol–water partition coefficient (Wildman–Crippen LogP) is 2.84. The SMILES string of the molecule is COC1CCCC(N2CC=CC2)C1N(C)C(=O)c1ccc(F)c(F)c1. The van der Waals surface area contributed by atoms with Crippen molar-refractivity contribution in [2.75, 3.05) is 27.2 Å². The average Bonchev–Trinajstić information content (AvgIpc) is 3.16. The van der Waals surface area contributed by atoms with Gasteiger partial charge in [0.1, 0.15) is 0 Å². The largest absolute Gasteiger partial charge is 0.379 e. The van der Waals surface area contributed by atoms with Crippen LogP contribution in [0.2, 0.25) is 0 Å². The van der Waals surface area contributed by atoms with Crippen molar-refractivity contribution in [3.8, 4) is 0 Å². The third kappa shape index (κ3) is 3.60. The van der Waals surface area contributed by atoms with Crippen LogP contribution in [0.3, 0.4) is 0 Å². The average molecular weight is 350 g/mol. The Labute approximate surface area is 147 Å². The van der Waals surface area contributed by atoms with Crippen LogP contribution in [0.25, 0.3) is 0 Å². The molecule has 6 heteroatoms. The molecule has 0 radical (unpaired) electrons. The number of amides is 1. The molecule has 1 saturated carbocycles. The van der Waals surface area contributed by atoms with Crippen molar-refractivity contribution in [1.82, 2.24) is 9.80 Å². The molecule has 2 aliphatic rings. The molecule has 1 aromatic rings. The molecular weight excluding hydrogens is 326 g/mol. The maximum absolute atomic E-state index is 13.5. The smallest absolute Gasteiger partial charge is 0.254 e. The fourth-order valence-corrected chi connectivity index (χ4v) is 4.01. The Hall–Kier alpha value is -1.79. The number of benzene rings is 1. The van der Waals surface area contributed by atoms with Crippen LogP contribution in [0.4, 0.5) is 8.78 Å². The van der Waals surface area contributed by atoms with Gasteiger partial charge in [-0.1, -0.05) is 12.2 Å². The molecule has 1 heterocycles. The van der Waals surface area contributed by atoms with Gasteiger partial charge in [-0.25, -0.2) is 8.78 Å². The van der Waals surface area contributed by atoms with Gasteiger partial charge in [0.25, 0.3) is 5.91 Å². The highest BCUT2D eigenvalue weighted by Gasteiger charge is 2.41. The number of carbonyl (C=O) groups is 1. The second kappa shape index (κ2) is 7.62. The predicted molar refractivity (Wildman–Crippen MR) is 91.4 cm³/mol. The first-order valence-electron chi connectivity index (χ1n) is 8.67. The number of halogens is 2.